The van der Waals surface area contributed by atoms with E-state index in [-0.39, 0.29) is 11.5 Å². The van der Waals surface area contributed by atoms with E-state index in [0.29, 0.717) is 13.0 Å². The maximum Gasteiger partial charge on any atom is 0.326 e. The lowest BCUT2D eigenvalue weighted by Crippen LogP contribution is -2.54. The zero-order valence-electron chi connectivity index (χ0n) is 13.6. The van der Waals surface area contributed by atoms with Crippen molar-refractivity contribution in [2.24, 2.45) is 5.92 Å². The maximum atomic E-state index is 12.0. The molecule has 0 aromatic carbocycles. The van der Waals surface area contributed by atoms with Crippen LogP contribution in [0.15, 0.2) is 0 Å². The summed E-state index contributed by atoms with van der Waals surface area (Å²) in [5.74, 6) is -0.767. The van der Waals surface area contributed by atoms with Crippen molar-refractivity contribution in [1.29, 1.82) is 0 Å². The smallest absolute Gasteiger partial charge is 0.326 e. The van der Waals surface area contributed by atoms with E-state index in [0.717, 1.165) is 12.8 Å². The van der Waals surface area contributed by atoms with Crippen molar-refractivity contribution < 1.29 is 14.7 Å². The highest BCUT2D eigenvalue weighted by atomic mass is 16.4. The summed E-state index contributed by atoms with van der Waals surface area (Å²) in [7, 11) is 4.06. The van der Waals surface area contributed by atoms with E-state index in [2.05, 4.69) is 15.5 Å². The van der Waals surface area contributed by atoms with Gasteiger partial charge < -0.3 is 20.6 Å². The summed E-state index contributed by atoms with van der Waals surface area (Å²) in [5.41, 5.74) is 0.00804. The third-order valence-corrected chi connectivity index (χ3v) is 4.37. The SMILES string of the molecule is CC(C)CC(NC(=O)NCC1(N(C)C)CCCC1)C(=O)O. The van der Waals surface area contributed by atoms with Gasteiger partial charge >= 0.3 is 12.0 Å². The molecule has 2 amide bonds. The molecular weight excluding hydrogens is 270 g/mol. The molecule has 6 heteroatoms. The van der Waals surface area contributed by atoms with Crippen LogP contribution in [0.2, 0.25) is 0 Å². The van der Waals surface area contributed by atoms with Gasteiger partial charge in [0.05, 0.1) is 0 Å². The lowest BCUT2D eigenvalue weighted by Gasteiger charge is -2.36. The minimum atomic E-state index is -0.984. The number of carboxylic acids is 1. The van der Waals surface area contributed by atoms with Crippen LogP contribution in [0.3, 0.4) is 0 Å². The second kappa shape index (κ2) is 7.64. The number of nitrogens with zero attached hydrogens (tertiary/aromatic N) is 1. The molecule has 0 aromatic rings. The molecule has 1 aliphatic rings. The van der Waals surface area contributed by atoms with E-state index in [9.17, 15) is 9.59 Å². The van der Waals surface area contributed by atoms with Crippen LogP contribution in [0.25, 0.3) is 0 Å². The van der Waals surface area contributed by atoms with Crippen molar-refractivity contribution in [3.05, 3.63) is 0 Å². The maximum absolute atomic E-state index is 12.0. The van der Waals surface area contributed by atoms with Crippen LogP contribution in [-0.4, -0.2) is 54.2 Å². The first kappa shape index (κ1) is 17.8. The molecule has 3 N–H and O–H groups in total. The summed E-state index contributed by atoms with van der Waals surface area (Å²) in [4.78, 5) is 25.3. The minimum absolute atomic E-state index is 0.00804. The Bertz CT molecular complexity index is 363. The number of carbonyl (C=O) groups is 2. The highest BCUT2D eigenvalue weighted by molar-refractivity contribution is 5.82. The van der Waals surface area contributed by atoms with Gasteiger partial charge in [0, 0.05) is 12.1 Å². The van der Waals surface area contributed by atoms with Crippen molar-refractivity contribution in [3.8, 4) is 0 Å². The lowest BCUT2D eigenvalue weighted by atomic mass is 9.96. The van der Waals surface area contributed by atoms with E-state index in [1.54, 1.807) is 0 Å². The van der Waals surface area contributed by atoms with Crippen molar-refractivity contribution in [3.63, 3.8) is 0 Å². The molecule has 0 aliphatic heterocycles. The van der Waals surface area contributed by atoms with E-state index < -0.39 is 18.0 Å². The van der Waals surface area contributed by atoms with Gasteiger partial charge in [-0.1, -0.05) is 26.7 Å². The molecule has 1 aliphatic carbocycles. The second-order valence-electron chi connectivity index (χ2n) is 6.67. The molecule has 0 bridgehead atoms. The molecule has 1 rings (SSSR count). The van der Waals surface area contributed by atoms with Crippen LogP contribution in [0, 0.1) is 5.92 Å². The molecule has 1 unspecified atom stereocenters. The Hall–Kier alpha value is -1.30. The molecule has 1 atom stereocenters. The van der Waals surface area contributed by atoms with Crippen LogP contribution in [0.4, 0.5) is 4.79 Å². The first-order chi connectivity index (χ1) is 9.77. The number of likely N-dealkylation sites (N-methyl/N-ethyl adjacent to an activating group) is 1. The molecule has 6 nitrogen and oxygen atoms in total. The molecule has 1 saturated carbocycles. The van der Waals surface area contributed by atoms with E-state index in [1.165, 1.54) is 12.8 Å². The summed E-state index contributed by atoms with van der Waals surface area (Å²) in [6, 6.07) is -1.22. The molecule has 0 aromatic heterocycles. The second-order valence-corrected chi connectivity index (χ2v) is 6.67. The fourth-order valence-electron chi connectivity index (χ4n) is 2.96. The summed E-state index contributed by atoms with van der Waals surface area (Å²) in [5, 5.41) is 14.5. The van der Waals surface area contributed by atoms with Crippen LogP contribution in [0.5, 0.6) is 0 Å². The average molecular weight is 299 g/mol. The van der Waals surface area contributed by atoms with Gasteiger partial charge in [-0.15, -0.1) is 0 Å². The largest absolute Gasteiger partial charge is 0.480 e. The number of carboxylic acid groups (broad SMARTS) is 1. The zero-order chi connectivity index (χ0) is 16.0. The van der Waals surface area contributed by atoms with E-state index in [1.807, 2.05) is 27.9 Å². The van der Waals surface area contributed by atoms with Gasteiger partial charge in [-0.05, 0) is 39.3 Å². The number of aliphatic carboxylic acids is 1. The Morgan fingerprint density at radius 3 is 2.24 bits per heavy atom. The monoisotopic (exact) mass is 299 g/mol. The third kappa shape index (κ3) is 5.19. The number of amides is 2. The number of hydrogen-bond donors (Lipinski definition) is 3. The van der Waals surface area contributed by atoms with Crippen LogP contribution < -0.4 is 10.6 Å². The number of rotatable bonds is 7. The van der Waals surface area contributed by atoms with Gasteiger partial charge in [-0.3, -0.25) is 0 Å². The first-order valence-electron chi connectivity index (χ1n) is 7.71. The fourth-order valence-corrected chi connectivity index (χ4v) is 2.96. The fraction of sp³-hybridized carbons (Fsp3) is 0.867. The summed E-state index contributed by atoms with van der Waals surface area (Å²) >= 11 is 0. The summed E-state index contributed by atoms with van der Waals surface area (Å²) < 4.78 is 0. The standard InChI is InChI=1S/C15H29N3O3/c1-11(2)9-12(13(19)20)17-14(21)16-10-15(18(3)4)7-5-6-8-15/h11-12H,5-10H2,1-4H3,(H,19,20)(H2,16,17,21). The Balaban J connectivity index is 2.50. The minimum Gasteiger partial charge on any atom is -0.480 e. The lowest BCUT2D eigenvalue weighted by molar-refractivity contribution is -0.139. The van der Waals surface area contributed by atoms with Crippen LogP contribution in [0.1, 0.15) is 46.0 Å². The Morgan fingerprint density at radius 2 is 1.81 bits per heavy atom. The van der Waals surface area contributed by atoms with Crippen molar-refractivity contribution >= 4 is 12.0 Å². The summed E-state index contributed by atoms with van der Waals surface area (Å²) in [6.45, 7) is 4.43. The highest BCUT2D eigenvalue weighted by Gasteiger charge is 2.36. The van der Waals surface area contributed by atoms with Gasteiger partial charge in [0.2, 0.25) is 0 Å². The molecule has 0 saturated heterocycles. The quantitative estimate of drug-likeness (QED) is 0.668. The molecule has 21 heavy (non-hydrogen) atoms. The number of hydrogen-bond acceptors (Lipinski definition) is 3. The van der Waals surface area contributed by atoms with Gasteiger partial charge in [0.15, 0.2) is 0 Å². The summed E-state index contributed by atoms with van der Waals surface area (Å²) in [6.07, 6.45) is 4.91. The van der Waals surface area contributed by atoms with Crippen molar-refractivity contribution in [2.45, 2.75) is 57.5 Å². The van der Waals surface area contributed by atoms with E-state index in [4.69, 9.17) is 5.11 Å². The van der Waals surface area contributed by atoms with Gasteiger partial charge in [-0.2, -0.15) is 0 Å². The number of nitrogens with one attached hydrogen (secondary N) is 2. The number of urea groups is 1. The number of carbonyl (C=O) groups excluding carboxylic acids is 1. The molecule has 1 fully saturated rings. The van der Waals surface area contributed by atoms with Crippen molar-refractivity contribution in [2.75, 3.05) is 20.6 Å². The Labute approximate surface area is 127 Å². The zero-order valence-corrected chi connectivity index (χ0v) is 13.6. The molecule has 0 heterocycles. The van der Waals surface area contributed by atoms with Gasteiger partial charge in [0.1, 0.15) is 6.04 Å². The topological polar surface area (TPSA) is 81.7 Å². The average Bonchev–Trinajstić information content (AvgIpc) is 2.85. The predicted octanol–water partition coefficient (Wildman–Crippen LogP) is 1.66. The predicted molar refractivity (Wildman–Crippen MR) is 82.3 cm³/mol. The third-order valence-electron chi connectivity index (χ3n) is 4.37. The van der Waals surface area contributed by atoms with Crippen molar-refractivity contribution in [1.82, 2.24) is 15.5 Å². The Morgan fingerprint density at radius 1 is 1.24 bits per heavy atom. The van der Waals surface area contributed by atoms with Gasteiger partial charge in [-0.25, -0.2) is 9.59 Å². The van der Waals surface area contributed by atoms with Crippen LogP contribution in [-0.2, 0) is 4.79 Å². The van der Waals surface area contributed by atoms with Crippen LogP contribution >= 0.6 is 0 Å². The highest BCUT2D eigenvalue weighted by Crippen LogP contribution is 2.32. The van der Waals surface area contributed by atoms with Gasteiger partial charge in [0.25, 0.3) is 0 Å². The Kier molecular flexibility index (Phi) is 6.45. The molecular formula is C15H29N3O3. The first-order valence-corrected chi connectivity index (χ1v) is 7.71. The molecule has 0 spiro atoms. The van der Waals surface area contributed by atoms with E-state index >= 15 is 0 Å². The normalized spacial score (nSPS) is 18.8. The molecule has 0 radical (unpaired) electrons. The molecule has 122 valence electrons.